The van der Waals surface area contributed by atoms with Crippen LogP contribution in [0.4, 0.5) is 0 Å². The zero-order valence-corrected chi connectivity index (χ0v) is 17.3. The Morgan fingerprint density at radius 2 is 2.00 bits per heavy atom. The van der Waals surface area contributed by atoms with Crippen molar-refractivity contribution in [1.29, 1.82) is 0 Å². The summed E-state index contributed by atoms with van der Waals surface area (Å²) in [7, 11) is 0.336. The van der Waals surface area contributed by atoms with E-state index in [-0.39, 0.29) is 21.9 Å². The number of nitrogens with zero attached hydrogens (tertiary/aromatic N) is 1. The number of esters is 1. The van der Waals surface area contributed by atoms with E-state index in [1.54, 1.807) is 12.1 Å². The van der Waals surface area contributed by atoms with Gasteiger partial charge < -0.3 is 10.1 Å². The van der Waals surface area contributed by atoms with Gasteiger partial charge in [-0.05, 0) is 29.6 Å². The molecule has 0 aliphatic heterocycles. The van der Waals surface area contributed by atoms with E-state index in [2.05, 4.69) is 10.1 Å². The summed E-state index contributed by atoms with van der Waals surface area (Å²) in [4.78, 5) is 25.1. The molecule has 1 atom stereocenters. The van der Waals surface area contributed by atoms with Gasteiger partial charge in [-0.15, -0.1) is 11.3 Å². The fourth-order valence-electron chi connectivity index (χ4n) is 2.25. The summed E-state index contributed by atoms with van der Waals surface area (Å²) in [6.45, 7) is 0. The second kappa shape index (κ2) is 8.83. The summed E-state index contributed by atoms with van der Waals surface area (Å²) in [5.74, 6) is -1.07. The number of thiophene rings is 1. The number of nitrogens with one attached hydrogen (secondary N) is 1. The van der Waals surface area contributed by atoms with Gasteiger partial charge >= 0.3 is 5.97 Å². The van der Waals surface area contributed by atoms with Gasteiger partial charge in [0.25, 0.3) is 5.91 Å². The van der Waals surface area contributed by atoms with Crippen molar-refractivity contribution in [2.24, 2.45) is 0 Å². The summed E-state index contributed by atoms with van der Waals surface area (Å²) in [5.41, 5.74) is 0.00557. The van der Waals surface area contributed by atoms with Gasteiger partial charge in [0.1, 0.15) is 0 Å². The predicted octanol–water partition coefficient (Wildman–Crippen LogP) is 2.69. The van der Waals surface area contributed by atoms with E-state index in [9.17, 15) is 18.0 Å². The Labute approximate surface area is 166 Å². The molecule has 1 aromatic carbocycles. The van der Waals surface area contributed by atoms with Gasteiger partial charge in [-0.3, -0.25) is 9.59 Å². The molecule has 0 radical (unpaired) electrons. The molecule has 10 heteroatoms. The lowest BCUT2D eigenvalue weighted by atomic mass is 10.1. The van der Waals surface area contributed by atoms with Crippen molar-refractivity contribution in [2.75, 3.05) is 21.2 Å². The number of hydrogen-bond acceptors (Lipinski definition) is 6. The first-order valence-electron chi connectivity index (χ1n) is 7.80. The third-order valence-corrected chi connectivity index (χ3v) is 6.88. The zero-order valence-electron chi connectivity index (χ0n) is 14.9. The van der Waals surface area contributed by atoms with Crippen LogP contribution < -0.4 is 5.32 Å². The SMILES string of the molecule is COC(=O)C[C@H](NC(=O)c1cc(S(=O)(=O)N(C)C)ccc1Cl)c1cccs1. The number of amides is 1. The molecule has 1 aromatic heterocycles. The number of rotatable bonds is 7. The Morgan fingerprint density at radius 3 is 2.56 bits per heavy atom. The number of hydrogen-bond donors (Lipinski definition) is 1. The van der Waals surface area contributed by atoms with Gasteiger partial charge in [0.15, 0.2) is 0 Å². The highest BCUT2D eigenvalue weighted by molar-refractivity contribution is 7.89. The number of ether oxygens (including phenoxy) is 1. The first kappa shape index (κ1) is 21.4. The third kappa shape index (κ3) is 5.07. The fraction of sp³-hybridized carbons (Fsp3) is 0.294. The monoisotopic (exact) mass is 430 g/mol. The van der Waals surface area contributed by atoms with Gasteiger partial charge in [-0.1, -0.05) is 17.7 Å². The molecule has 0 aliphatic carbocycles. The van der Waals surface area contributed by atoms with Crippen molar-refractivity contribution in [1.82, 2.24) is 9.62 Å². The maximum atomic E-state index is 12.7. The highest BCUT2D eigenvalue weighted by atomic mass is 35.5. The van der Waals surface area contributed by atoms with E-state index >= 15 is 0 Å². The summed E-state index contributed by atoms with van der Waals surface area (Å²) in [6, 6.07) is 6.87. The van der Waals surface area contributed by atoms with Crippen molar-refractivity contribution in [3.8, 4) is 0 Å². The number of methoxy groups -OCH3 is 1. The Morgan fingerprint density at radius 1 is 1.30 bits per heavy atom. The second-order valence-corrected chi connectivity index (χ2v) is 9.29. The van der Waals surface area contributed by atoms with Gasteiger partial charge in [-0.25, -0.2) is 12.7 Å². The molecule has 0 saturated carbocycles. The third-order valence-electron chi connectivity index (χ3n) is 3.75. The summed E-state index contributed by atoms with van der Waals surface area (Å²) < 4.78 is 30.3. The number of halogens is 1. The summed E-state index contributed by atoms with van der Waals surface area (Å²) >= 11 is 7.48. The molecule has 2 aromatic rings. The van der Waals surface area contributed by atoms with Gasteiger partial charge in [0.05, 0.1) is 35.1 Å². The van der Waals surface area contributed by atoms with Crippen molar-refractivity contribution in [3.05, 3.63) is 51.2 Å². The van der Waals surface area contributed by atoms with Crippen LogP contribution in [0.25, 0.3) is 0 Å². The predicted molar refractivity (Wildman–Crippen MR) is 103 cm³/mol. The van der Waals surface area contributed by atoms with Crippen molar-refractivity contribution < 1.29 is 22.7 Å². The Bertz CT molecular complexity index is 927. The highest BCUT2D eigenvalue weighted by Gasteiger charge is 2.24. The molecule has 7 nitrogen and oxygen atoms in total. The van der Waals surface area contributed by atoms with Crippen LogP contribution in [-0.2, 0) is 19.6 Å². The molecule has 1 amide bonds. The highest BCUT2D eigenvalue weighted by Crippen LogP contribution is 2.26. The van der Waals surface area contributed by atoms with Gasteiger partial charge in [0, 0.05) is 19.0 Å². The lowest BCUT2D eigenvalue weighted by Crippen LogP contribution is -2.30. The van der Waals surface area contributed by atoms with Crippen LogP contribution in [0.3, 0.4) is 0 Å². The molecular weight excluding hydrogens is 412 g/mol. The van der Waals surface area contributed by atoms with Crippen LogP contribution in [0, 0.1) is 0 Å². The summed E-state index contributed by atoms with van der Waals surface area (Å²) in [5, 5.41) is 4.65. The Kier molecular flexibility index (Phi) is 6.99. The van der Waals surface area contributed by atoms with Crippen LogP contribution in [0.2, 0.25) is 5.02 Å². The number of benzene rings is 1. The molecule has 0 spiro atoms. The normalized spacial score (nSPS) is 12.6. The maximum absolute atomic E-state index is 12.7. The van der Waals surface area contributed by atoms with Crippen LogP contribution in [0.5, 0.6) is 0 Å². The lowest BCUT2D eigenvalue weighted by molar-refractivity contribution is -0.141. The Balaban J connectivity index is 2.34. The average molecular weight is 431 g/mol. The van der Waals surface area contributed by atoms with E-state index in [0.717, 1.165) is 9.18 Å². The second-order valence-electron chi connectivity index (χ2n) is 5.75. The van der Waals surface area contributed by atoms with E-state index in [0.29, 0.717) is 0 Å². The fourth-order valence-corrected chi connectivity index (χ4v) is 4.16. The van der Waals surface area contributed by atoms with Gasteiger partial charge in [0.2, 0.25) is 10.0 Å². The van der Waals surface area contributed by atoms with E-state index in [1.807, 2.05) is 5.38 Å². The first-order valence-corrected chi connectivity index (χ1v) is 10.5. The van der Waals surface area contributed by atoms with Crippen LogP contribution >= 0.6 is 22.9 Å². The molecule has 1 heterocycles. The topological polar surface area (TPSA) is 92.8 Å². The van der Waals surface area contributed by atoms with Crippen molar-refractivity contribution >= 4 is 44.8 Å². The number of carbonyl (C=O) groups is 2. The van der Waals surface area contributed by atoms with Crippen LogP contribution in [-0.4, -0.2) is 45.8 Å². The molecule has 1 N–H and O–H groups in total. The molecule has 27 heavy (non-hydrogen) atoms. The molecule has 0 fully saturated rings. The summed E-state index contributed by atoms with van der Waals surface area (Å²) in [6.07, 6.45) is -0.0595. The van der Waals surface area contributed by atoms with E-state index in [4.69, 9.17) is 11.6 Å². The number of sulfonamides is 1. The van der Waals surface area contributed by atoms with Crippen LogP contribution in [0.15, 0.2) is 40.6 Å². The molecule has 0 aliphatic rings. The maximum Gasteiger partial charge on any atom is 0.307 e. The minimum Gasteiger partial charge on any atom is -0.469 e. The quantitative estimate of drug-likeness (QED) is 0.681. The van der Waals surface area contributed by atoms with Gasteiger partial charge in [-0.2, -0.15) is 0 Å². The molecular formula is C17H19ClN2O5S2. The standard InChI is InChI=1S/C17H19ClN2O5S2/c1-20(2)27(23,24)11-6-7-13(18)12(9-11)17(22)19-14(10-16(21)25-3)15-5-4-8-26-15/h4-9,14H,10H2,1-3H3,(H,19,22)/t14-/m0/s1. The minimum absolute atomic E-state index is 0.00557. The van der Waals surface area contributed by atoms with E-state index in [1.165, 1.54) is 50.7 Å². The smallest absolute Gasteiger partial charge is 0.307 e. The van der Waals surface area contributed by atoms with Crippen molar-refractivity contribution in [2.45, 2.75) is 17.4 Å². The van der Waals surface area contributed by atoms with E-state index < -0.39 is 27.9 Å². The average Bonchev–Trinajstić information content (AvgIpc) is 3.15. The molecule has 0 unspecified atom stereocenters. The molecule has 0 saturated heterocycles. The number of carbonyl (C=O) groups excluding carboxylic acids is 2. The molecule has 0 bridgehead atoms. The Hall–Kier alpha value is -1.94. The van der Waals surface area contributed by atoms with Crippen LogP contribution in [0.1, 0.15) is 27.7 Å². The largest absolute Gasteiger partial charge is 0.469 e. The molecule has 146 valence electrons. The lowest BCUT2D eigenvalue weighted by Gasteiger charge is -2.18. The first-order chi connectivity index (χ1) is 12.7. The minimum atomic E-state index is -3.72. The van der Waals surface area contributed by atoms with Crippen molar-refractivity contribution in [3.63, 3.8) is 0 Å². The zero-order chi connectivity index (χ0) is 20.2. The molecule has 2 rings (SSSR count).